The van der Waals surface area contributed by atoms with Gasteiger partial charge in [-0.05, 0) is 25.7 Å². The highest BCUT2D eigenvalue weighted by molar-refractivity contribution is 4.63. The molecule has 0 radical (unpaired) electrons. The molecule has 0 aromatic heterocycles. The number of aliphatic hydroxyl groups excluding tert-OH is 2. The minimum Gasteiger partial charge on any atom is -0.394 e. The Kier molecular flexibility index (Phi) is 29.9. The van der Waals surface area contributed by atoms with E-state index in [9.17, 15) is 0 Å². The largest absolute Gasteiger partial charge is 0.394 e. The Labute approximate surface area is 184 Å². The van der Waals surface area contributed by atoms with Crippen molar-refractivity contribution in [2.75, 3.05) is 13.2 Å². The standard InChI is InChI=1S/C24H50O.C2H6O2/c1-5-9-11-13-15-17-19-21-23(7-3)25-24(8-4)22-20-18-16-14-12-10-6-2;3-1-2-4/h23-24H,5-22H2,1-4H3;3-4H,1-2H2. The van der Waals surface area contributed by atoms with Gasteiger partial charge in [0.25, 0.3) is 0 Å². The molecule has 0 aliphatic rings. The van der Waals surface area contributed by atoms with Crippen LogP contribution in [0.1, 0.15) is 143 Å². The summed E-state index contributed by atoms with van der Waals surface area (Å²) >= 11 is 0. The maximum atomic E-state index is 7.62. The molecule has 29 heavy (non-hydrogen) atoms. The van der Waals surface area contributed by atoms with Gasteiger partial charge in [0.05, 0.1) is 25.4 Å². The molecule has 0 heterocycles. The van der Waals surface area contributed by atoms with Crippen molar-refractivity contribution in [2.45, 2.75) is 155 Å². The number of ether oxygens (including phenoxy) is 1. The summed E-state index contributed by atoms with van der Waals surface area (Å²) in [7, 11) is 0. The lowest BCUT2D eigenvalue weighted by atomic mass is 10.0. The summed E-state index contributed by atoms with van der Waals surface area (Å²) in [5, 5.41) is 15.2. The van der Waals surface area contributed by atoms with Crippen LogP contribution in [0.4, 0.5) is 0 Å². The first-order valence-corrected chi connectivity index (χ1v) is 13.1. The van der Waals surface area contributed by atoms with Crippen molar-refractivity contribution in [3.05, 3.63) is 0 Å². The molecule has 2 unspecified atom stereocenters. The monoisotopic (exact) mass is 416 g/mol. The Bertz CT molecular complexity index is 245. The van der Waals surface area contributed by atoms with Crippen molar-refractivity contribution < 1.29 is 14.9 Å². The van der Waals surface area contributed by atoms with Crippen LogP contribution in [0, 0.1) is 0 Å². The second-order valence-electron chi connectivity index (χ2n) is 8.46. The van der Waals surface area contributed by atoms with Crippen LogP contribution >= 0.6 is 0 Å². The maximum Gasteiger partial charge on any atom is 0.0662 e. The minimum absolute atomic E-state index is 0.125. The highest BCUT2D eigenvalue weighted by Gasteiger charge is 2.13. The second kappa shape index (κ2) is 27.9. The predicted octanol–water partition coefficient (Wildman–Crippen LogP) is 7.81. The molecule has 0 fully saturated rings. The SMILES string of the molecule is CCCCCCCCCC(CC)OC(CC)CCCCCCCCC.OCCO. The van der Waals surface area contributed by atoms with Gasteiger partial charge in [0, 0.05) is 0 Å². The van der Waals surface area contributed by atoms with Crippen LogP contribution in [0.25, 0.3) is 0 Å². The Hall–Kier alpha value is -0.120. The lowest BCUT2D eigenvalue weighted by Gasteiger charge is -2.23. The van der Waals surface area contributed by atoms with Crippen LogP contribution in [0.3, 0.4) is 0 Å². The van der Waals surface area contributed by atoms with Gasteiger partial charge in [-0.2, -0.15) is 0 Å². The fraction of sp³-hybridized carbons (Fsp3) is 1.00. The molecule has 0 saturated carbocycles. The number of hydrogen-bond donors (Lipinski definition) is 2. The molecule has 0 aromatic rings. The van der Waals surface area contributed by atoms with E-state index >= 15 is 0 Å². The van der Waals surface area contributed by atoms with E-state index in [2.05, 4.69) is 27.7 Å². The van der Waals surface area contributed by atoms with E-state index in [1.807, 2.05) is 0 Å². The lowest BCUT2D eigenvalue weighted by molar-refractivity contribution is -0.0257. The highest BCUT2D eigenvalue weighted by Crippen LogP contribution is 2.19. The third kappa shape index (κ3) is 25.8. The molecule has 0 saturated heterocycles. The third-order valence-electron chi connectivity index (χ3n) is 5.65. The molecular weight excluding hydrogens is 360 g/mol. The molecular formula is C26H56O3. The average Bonchev–Trinajstić information content (AvgIpc) is 2.75. The minimum atomic E-state index is -0.125. The molecule has 2 atom stereocenters. The highest BCUT2D eigenvalue weighted by atomic mass is 16.5. The van der Waals surface area contributed by atoms with Gasteiger partial charge >= 0.3 is 0 Å². The zero-order valence-electron chi connectivity index (χ0n) is 20.6. The molecule has 0 aliphatic carbocycles. The smallest absolute Gasteiger partial charge is 0.0662 e. The maximum absolute atomic E-state index is 7.62. The number of hydrogen-bond acceptors (Lipinski definition) is 3. The van der Waals surface area contributed by atoms with Crippen molar-refractivity contribution >= 4 is 0 Å². The Morgan fingerprint density at radius 3 is 1.07 bits per heavy atom. The fourth-order valence-electron chi connectivity index (χ4n) is 3.67. The topological polar surface area (TPSA) is 49.7 Å². The van der Waals surface area contributed by atoms with E-state index in [4.69, 9.17) is 14.9 Å². The molecule has 3 nitrogen and oxygen atoms in total. The van der Waals surface area contributed by atoms with Crippen molar-refractivity contribution in [3.8, 4) is 0 Å². The number of unbranched alkanes of at least 4 members (excludes halogenated alkanes) is 12. The van der Waals surface area contributed by atoms with Gasteiger partial charge in [-0.25, -0.2) is 0 Å². The van der Waals surface area contributed by atoms with E-state index in [0.29, 0.717) is 12.2 Å². The van der Waals surface area contributed by atoms with Gasteiger partial charge in [-0.1, -0.05) is 118 Å². The van der Waals surface area contributed by atoms with Crippen molar-refractivity contribution in [2.24, 2.45) is 0 Å². The van der Waals surface area contributed by atoms with Crippen LogP contribution < -0.4 is 0 Å². The first-order valence-electron chi connectivity index (χ1n) is 13.1. The lowest BCUT2D eigenvalue weighted by Crippen LogP contribution is -2.21. The summed E-state index contributed by atoms with van der Waals surface area (Å²) in [6.45, 7) is 8.93. The summed E-state index contributed by atoms with van der Waals surface area (Å²) in [6, 6.07) is 0. The van der Waals surface area contributed by atoms with Crippen molar-refractivity contribution in [3.63, 3.8) is 0 Å². The predicted molar refractivity (Wildman–Crippen MR) is 129 cm³/mol. The van der Waals surface area contributed by atoms with Gasteiger partial charge in [0.1, 0.15) is 0 Å². The van der Waals surface area contributed by atoms with Gasteiger partial charge < -0.3 is 14.9 Å². The summed E-state index contributed by atoms with van der Waals surface area (Å²) < 4.78 is 6.44. The van der Waals surface area contributed by atoms with Crippen LogP contribution in [0.2, 0.25) is 0 Å². The van der Waals surface area contributed by atoms with E-state index in [1.165, 1.54) is 116 Å². The second-order valence-corrected chi connectivity index (χ2v) is 8.46. The van der Waals surface area contributed by atoms with E-state index in [-0.39, 0.29) is 13.2 Å². The molecule has 0 amide bonds. The molecule has 0 bridgehead atoms. The van der Waals surface area contributed by atoms with E-state index in [1.54, 1.807) is 0 Å². The fourth-order valence-corrected chi connectivity index (χ4v) is 3.67. The normalized spacial score (nSPS) is 13.0. The Morgan fingerprint density at radius 2 is 0.793 bits per heavy atom. The summed E-state index contributed by atoms with van der Waals surface area (Å²) in [5.74, 6) is 0. The van der Waals surface area contributed by atoms with Gasteiger partial charge in [0.2, 0.25) is 0 Å². The van der Waals surface area contributed by atoms with Crippen LogP contribution in [-0.2, 0) is 4.74 Å². The summed E-state index contributed by atoms with van der Waals surface area (Å²) in [5.41, 5.74) is 0. The number of aliphatic hydroxyl groups is 2. The molecule has 0 aromatic carbocycles. The Balaban J connectivity index is 0. The van der Waals surface area contributed by atoms with Gasteiger partial charge in [0.15, 0.2) is 0 Å². The quantitative estimate of drug-likeness (QED) is 0.188. The summed E-state index contributed by atoms with van der Waals surface area (Å²) in [4.78, 5) is 0. The average molecular weight is 417 g/mol. The van der Waals surface area contributed by atoms with Crippen LogP contribution in [0.5, 0.6) is 0 Å². The third-order valence-corrected chi connectivity index (χ3v) is 5.65. The first-order chi connectivity index (χ1) is 14.2. The Morgan fingerprint density at radius 1 is 0.483 bits per heavy atom. The molecule has 2 N–H and O–H groups in total. The van der Waals surface area contributed by atoms with Crippen molar-refractivity contribution in [1.82, 2.24) is 0 Å². The van der Waals surface area contributed by atoms with E-state index in [0.717, 1.165) is 0 Å². The van der Waals surface area contributed by atoms with Crippen LogP contribution in [-0.4, -0.2) is 35.6 Å². The van der Waals surface area contributed by atoms with Gasteiger partial charge in [-0.15, -0.1) is 0 Å². The van der Waals surface area contributed by atoms with Crippen LogP contribution in [0.15, 0.2) is 0 Å². The molecule has 0 spiro atoms. The molecule has 0 rings (SSSR count). The molecule has 178 valence electrons. The van der Waals surface area contributed by atoms with Crippen molar-refractivity contribution in [1.29, 1.82) is 0 Å². The zero-order chi connectivity index (χ0) is 22.0. The zero-order valence-corrected chi connectivity index (χ0v) is 20.6. The summed E-state index contributed by atoms with van der Waals surface area (Å²) in [6.07, 6.45) is 25.5. The first kappa shape index (κ1) is 31.1. The molecule has 0 aliphatic heterocycles. The van der Waals surface area contributed by atoms with Gasteiger partial charge in [-0.3, -0.25) is 0 Å². The van der Waals surface area contributed by atoms with E-state index < -0.39 is 0 Å². The molecule has 3 heteroatoms. The number of rotatable bonds is 21.